The zero-order chi connectivity index (χ0) is 12.1. The van der Waals surface area contributed by atoms with Crippen molar-refractivity contribution in [3.05, 3.63) is 0 Å². The fourth-order valence-corrected chi connectivity index (χ4v) is 2.65. The van der Waals surface area contributed by atoms with E-state index < -0.39 is 0 Å². The van der Waals surface area contributed by atoms with Gasteiger partial charge < -0.3 is 20.9 Å². The van der Waals surface area contributed by atoms with Gasteiger partial charge >= 0.3 is 6.03 Å². The lowest BCUT2D eigenvalue weighted by molar-refractivity contribution is 0.227. The molecule has 2 aliphatic rings. The highest BCUT2D eigenvalue weighted by molar-refractivity contribution is 5.74. The van der Waals surface area contributed by atoms with E-state index in [2.05, 4.69) is 27.9 Å². The van der Waals surface area contributed by atoms with Gasteiger partial charge in [-0.05, 0) is 52.4 Å². The molecule has 1 atom stereocenters. The van der Waals surface area contributed by atoms with Gasteiger partial charge in [0.1, 0.15) is 0 Å². The Bertz CT molecular complexity index is 253. The summed E-state index contributed by atoms with van der Waals surface area (Å²) in [5.41, 5.74) is 0. The number of hydrogen-bond donors (Lipinski definition) is 3. The van der Waals surface area contributed by atoms with Crippen LogP contribution in [0.2, 0.25) is 0 Å². The standard InChI is InChI=1S/C12H24N4O/c1-16-8-2-3-11(16)9-14-12(17)15-10-4-6-13-7-5-10/h10-11,13H,2-9H2,1H3,(H2,14,15,17). The van der Waals surface area contributed by atoms with Crippen LogP contribution < -0.4 is 16.0 Å². The van der Waals surface area contributed by atoms with Crippen LogP contribution in [0.25, 0.3) is 0 Å². The lowest BCUT2D eigenvalue weighted by Gasteiger charge is -2.25. The van der Waals surface area contributed by atoms with Gasteiger partial charge in [0.15, 0.2) is 0 Å². The Balaban J connectivity index is 1.63. The van der Waals surface area contributed by atoms with Crippen molar-refractivity contribution in [1.29, 1.82) is 0 Å². The van der Waals surface area contributed by atoms with Crippen LogP contribution in [0.1, 0.15) is 25.7 Å². The Morgan fingerprint density at radius 1 is 1.35 bits per heavy atom. The Kier molecular flexibility index (Phi) is 4.62. The summed E-state index contributed by atoms with van der Waals surface area (Å²) in [6, 6.07) is 0.864. The van der Waals surface area contributed by atoms with Gasteiger partial charge in [0, 0.05) is 18.6 Å². The van der Waals surface area contributed by atoms with E-state index in [4.69, 9.17) is 0 Å². The average molecular weight is 240 g/mol. The number of likely N-dealkylation sites (tertiary alicyclic amines) is 1. The summed E-state index contributed by atoms with van der Waals surface area (Å²) in [5, 5.41) is 9.33. The first-order chi connectivity index (χ1) is 8.25. The first kappa shape index (κ1) is 12.6. The molecule has 2 saturated heterocycles. The molecule has 0 aliphatic carbocycles. The highest BCUT2D eigenvalue weighted by Gasteiger charge is 2.21. The van der Waals surface area contributed by atoms with Crippen molar-refractivity contribution in [3.63, 3.8) is 0 Å². The highest BCUT2D eigenvalue weighted by atomic mass is 16.2. The van der Waals surface area contributed by atoms with E-state index in [-0.39, 0.29) is 6.03 Å². The Morgan fingerprint density at radius 3 is 2.76 bits per heavy atom. The van der Waals surface area contributed by atoms with Crippen LogP contribution in [0.15, 0.2) is 0 Å². The molecule has 17 heavy (non-hydrogen) atoms. The van der Waals surface area contributed by atoms with E-state index in [1.807, 2.05) is 0 Å². The van der Waals surface area contributed by atoms with Gasteiger partial charge in [-0.3, -0.25) is 0 Å². The number of amides is 2. The summed E-state index contributed by atoms with van der Waals surface area (Å²) in [6.45, 7) is 3.95. The highest BCUT2D eigenvalue weighted by Crippen LogP contribution is 2.13. The van der Waals surface area contributed by atoms with Gasteiger partial charge in [-0.25, -0.2) is 4.79 Å². The maximum absolute atomic E-state index is 11.7. The van der Waals surface area contributed by atoms with Gasteiger partial charge in [0.25, 0.3) is 0 Å². The monoisotopic (exact) mass is 240 g/mol. The van der Waals surface area contributed by atoms with Gasteiger partial charge in [-0.1, -0.05) is 0 Å². The molecule has 0 saturated carbocycles. The topological polar surface area (TPSA) is 56.4 Å². The third kappa shape index (κ3) is 3.85. The molecule has 2 heterocycles. The number of nitrogens with zero attached hydrogens (tertiary/aromatic N) is 1. The molecule has 2 amide bonds. The molecule has 0 spiro atoms. The van der Waals surface area contributed by atoms with E-state index in [9.17, 15) is 4.79 Å². The molecule has 3 N–H and O–H groups in total. The van der Waals surface area contributed by atoms with Crippen LogP contribution in [0.4, 0.5) is 4.79 Å². The molecule has 0 aromatic heterocycles. The number of carbonyl (C=O) groups excluding carboxylic acids is 1. The minimum absolute atomic E-state index is 0.00259. The van der Waals surface area contributed by atoms with Crippen LogP contribution in [0.5, 0.6) is 0 Å². The quantitative estimate of drug-likeness (QED) is 0.657. The number of rotatable bonds is 3. The number of likely N-dealkylation sites (N-methyl/N-ethyl adjacent to an activating group) is 1. The van der Waals surface area contributed by atoms with Crippen molar-refractivity contribution in [2.45, 2.75) is 37.8 Å². The number of urea groups is 1. The third-order valence-electron chi connectivity index (χ3n) is 3.84. The van der Waals surface area contributed by atoms with Crippen molar-refractivity contribution in [3.8, 4) is 0 Å². The van der Waals surface area contributed by atoms with Crippen molar-refractivity contribution in [2.24, 2.45) is 0 Å². The summed E-state index contributed by atoms with van der Waals surface area (Å²) in [5.74, 6) is 0. The fraction of sp³-hybridized carbons (Fsp3) is 0.917. The molecule has 2 rings (SSSR count). The minimum atomic E-state index is -0.00259. The number of hydrogen-bond acceptors (Lipinski definition) is 3. The summed E-state index contributed by atoms with van der Waals surface area (Å²) in [6.07, 6.45) is 4.52. The van der Waals surface area contributed by atoms with Gasteiger partial charge in [-0.2, -0.15) is 0 Å². The van der Waals surface area contributed by atoms with Crippen molar-refractivity contribution >= 4 is 6.03 Å². The molecular formula is C12H24N4O. The molecule has 2 fully saturated rings. The number of piperidine rings is 1. The fourth-order valence-electron chi connectivity index (χ4n) is 2.65. The predicted molar refractivity (Wildman–Crippen MR) is 68.1 cm³/mol. The second-order valence-electron chi connectivity index (χ2n) is 5.16. The molecule has 98 valence electrons. The van der Waals surface area contributed by atoms with Crippen molar-refractivity contribution < 1.29 is 4.79 Å². The van der Waals surface area contributed by atoms with Crippen LogP contribution in [-0.2, 0) is 0 Å². The smallest absolute Gasteiger partial charge is 0.315 e. The largest absolute Gasteiger partial charge is 0.337 e. The zero-order valence-corrected chi connectivity index (χ0v) is 10.7. The van der Waals surface area contributed by atoms with Crippen molar-refractivity contribution in [1.82, 2.24) is 20.9 Å². The average Bonchev–Trinajstić information content (AvgIpc) is 2.74. The number of nitrogens with one attached hydrogen (secondary N) is 3. The minimum Gasteiger partial charge on any atom is -0.337 e. The lowest BCUT2D eigenvalue weighted by Crippen LogP contribution is -2.49. The molecule has 0 radical (unpaired) electrons. The summed E-state index contributed by atoms with van der Waals surface area (Å²) in [4.78, 5) is 14.0. The number of carbonyl (C=O) groups is 1. The second-order valence-corrected chi connectivity index (χ2v) is 5.16. The first-order valence-corrected chi connectivity index (χ1v) is 6.71. The van der Waals surface area contributed by atoms with Crippen LogP contribution >= 0.6 is 0 Å². The lowest BCUT2D eigenvalue weighted by atomic mass is 10.1. The summed E-state index contributed by atoms with van der Waals surface area (Å²) in [7, 11) is 2.13. The van der Waals surface area contributed by atoms with E-state index in [0.717, 1.165) is 39.0 Å². The van der Waals surface area contributed by atoms with Crippen LogP contribution in [-0.4, -0.2) is 56.2 Å². The first-order valence-electron chi connectivity index (χ1n) is 6.71. The molecule has 0 aromatic rings. The molecule has 1 unspecified atom stereocenters. The molecule has 5 heteroatoms. The summed E-state index contributed by atoms with van der Waals surface area (Å²) >= 11 is 0. The Hall–Kier alpha value is -0.810. The van der Waals surface area contributed by atoms with Gasteiger partial charge in [0.2, 0.25) is 0 Å². The van der Waals surface area contributed by atoms with E-state index in [1.54, 1.807) is 0 Å². The third-order valence-corrected chi connectivity index (χ3v) is 3.84. The molecule has 2 aliphatic heterocycles. The predicted octanol–water partition coefficient (Wildman–Crippen LogP) is 0.132. The van der Waals surface area contributed by atoms with E-state index in [0.29, 0.717) is 12.1 Å². The Morgan fingerprint density at radius 2 is 2.12 bits per heavy atom. The maximum Gasteiger partial charge on any atom is 0.315 e. The second kappa shape index (κ2) is 6.21. The van der Waals surface area contributed by atoms with E-state index in [1.165, 1.54) is 12.8 Å². The zero-order valence-electron chi connectivity index (χ0n) is 10.7. The van der Waals surface area contributed by atoms with Crippen LogP contribution in [0.3, 0.4) is 0 Å². The SMILES string of the molecule is CN1CCCC1CNC(=O)NC1CCNCC1. The maximum atomic E-state index is 11.7. The van der Waals surface area contributed by atoms with Gasteiger partial charge in [-0.15, -0.1) is 0 Å². The molecular weight excluding hydrogens is 216 g/mol. The van der Waals surface area contributed by atoms with Crippen molar-refractivity contribution in [2.75, 3.05) is 33.2 Å². The van der Waals surface area contributed by atoms with E-state index >= 15 is 0 Å². The van der Waals surface area contributed by atoms with Gasteiger partial charge in [0.05, 0.1) is 0 Å². The molecule has 5 nitrogen and oxygen atoms in total. The van der Waals surface area contributed by atoms with Crippen LogP contribution in [0, 0.1) is 0 Å². The molecule has 0 aromatic carbocycles. The normalized spacial score (nSPS) is 27.0. The molecule has 0 bridgehead atoms. The Labute approximate surface area is 103 Å². The summed E-state index contributed by atoms with van der Waals surface area (Å²) < 4.78 is 0.